The fourth-order valence-corrected chi connectivity index (χ4v) is 9.77. The zero-order chi connectivity index (χ0) is 51.7. The van der Waals surface area contributed by atoms with Crippen molar-refractivity contribution in [1.29, 1.82) is 0 Å². The van der Waals surface area contributed by atoms with Crippen molar-refractivity contribution in [2.75, 3.05) is 49.6 Å². The number of carbonyl (C=O) groups is 6. The summed E-state index contributed by atoms with van der Waals surface area (Å²) in [6.07, 6.45) is 0.347. The number of amides is 4. The number of carbonyl (C=O) groups excluding carboxylic acids is 6. The third kappa shape index (κ3) is 13.4. The lowest BCUT2D eigenvalue weighted by Gasteiger charge is -2.35. The van der Waals surface area contributed by atoms with E-state index >= 15 is 0 Å². The van der Waals surface area contributed by atoms with Crippen LogP contribution in [0.15, 0.2) is 77.2 Å². The van der Waals surface area contributed by atoms with E-state index in [-0.39, 0.29) is 81.3 Å². The summed E-state index contributed by atoms with van der Waals surface area (Å²) in [5, 5.41) is 22.5. The summed E-state index contributed by atoms with van der Waals surface area (Å²) in [5.74, 6) is -1.82. The van der Waals surface area contributed by atoms with Gasteiger partial charge in [-0.15, -0.1) is 11.3 Å². The van der Waals surface area contributed by atoms with Crippen LogP contribution in [0.25, 0.3) is 16.1 Å². The van der Waals surface area contributed by atoms with E-state index in [1.54, 1.807) is 68.1 Å². The van der Waals surface area contributed by atoms with Gasteiger partial charge in [-0.3, -0.25) is 38.0 Å². The molecule has 5 aromatic rings. The Morgan fingerprint density at radius 1 is 0.903 bits per heavy atom. The van der Waals surface area contributed by atoms with Gasteiger partial charge in [0.2, 0.25) is 17.7 Å². The van der Waals surface area contributed by atoms with Crippen molar-refractivity contribution in [2.45, 2.75) is 111 Å². The summed E-state index contributed by atoms with van der Waals surface area (Å²) >= 11 is 1.55. The Hall–Kier alpha value is -6.83. The highest BCUT2D eigenvalue weighted by atomic mass is 32.1. The number of thiazole rings is 1. The van der Waals surface area contributed by atoms with E-state index in [0.29, 0.717) is 49.0 Å². The molecule has 7 rings (SSSR count). The number of aliphatic hydroxyl groups is 1. The molecule has 2 aliphatic heterocycles. The van der Waals surface area contributed by atoms with Crippen LogP contribution < -0.4 is 31.7 Å². The second-order valence-corrected chi connectivity index (χ2v) is 20.5. The van der Waals surface area contributed by atoms with Crippen LogP contribution in [-0.4, -0.2) is 117 Å². The third-order valence-corrected chi connectivity index (χ3v) is 14.0. The molecule has 0 bridgehead atoms. The number of rotatable bonds is 20. The number of para-hydroxylation sites is 1. The van der Waals surface area contributed by atoms with Gasteiger partial charge in [0.15, 0.2) is 0 Å². The zero-order valence-corrected chi connectivity index (χ0v) is 42.6. The lowest BCUT2D eigenvalue weighted by molar-refractivity contribution is -0.144. The number of likely N-dealkylation sites (tertiary alicyclic amines) is 1. The molecule has 4 atom stereocenters. The first kappa shape index (κ1) is 53.0. The smallest absolute Gasteiger partial charge is 0.259 e. The number of nitrogens with one attached hydrogen (secondary N) is 4. The number of pyridine rings is 1. The molecule has 382 valence electrons. The number of morpholine rings is 1. The van der Waals surface area contributed by atoms with Crippen LogP contribution in [0.4, 0.5) is 11.5 Å². The maximum absolute atomic E-state index is 14.1. The number of fused-ring (bicyclic) bond motifs is 1. The van der Waals surface area contributed by atoms with Gasteiger partial charge >= 0.3 is 0 Å². The van der Waals surface area contributed by atoms with E-state index in [2.05, 4.69) is 26.3 Å². The van der Waals surface area contributed by atoms with Gasteiger partial charge in [0.05, 0.1) is 47.0 Å². The molecule has 0 saturated carbocycles. The number of benzene rings is 2. The van der Waals surface area contributed by atoms with Gasteiger partial charge in [0.1, 0.15) is 35.1 Å². The first-order valence-corrected chi connectivity index (χ1v) is 25.3. The lowest BCUT2D eigenvalue weighted by atomic mass is 9.85. The molecule has 5 N–H and O–H groups in total. The number of hydrogen-bond acceptors (Lipinski definition) is 14. The maximum Gasteiger partial charge on any atom is 0.259 e. The summed E-state index contributed by atoms with van der Waals surface area (Å²) in [4.78, 5) is 107. The summed E-state index contributed by atoms with van der Waals surface area (Å²) in [6, 6.07) is 15.9. The molecule has 0 radical (unpaired) electrons. The van der Waals surface area contributed by atoms with Crippen molar-refractivity contribution < 1.29 is 38.6 Å². The second kappa shape index (κ2) is 23.6. The molecule has 2 fully saturated rings. The number of β-amino-alcohol motifs (C(OH)–C–C–N with tert-alkyl or cyclic N) is 1. The van der Waals surface area contributed by atoms with E-state index in [1.807, 2.05) is 56.0 Å². The third-order valence-electron chi connectivity index (χ3n) is 13.0. The average molecular weight is 1000 g/mol. The Morgan fingerprint density at radius 2 is 1.60 bits per heavy atom. The minimum atomic E-state index is -1.06. The molecule has 18 nitrogen and oxygen atoms in total. The molecule has 0 spiro atoms. The Bertz CT molecular complexity index is 2850. The lowest BCUT2D eigenvalue weighted by Crippen LogP contribution is -2.57. The van der Waals surface area contributed by atoms with Gasteiger partial charge in [-0.25, -0.2) is 9.97 Å². The molecule has 5 heterocycles. The van der Waals surface area contributed by atoms with Crippen molar-refractivity contribution in [3.63, 3.8) is 0 Å². The topological polar surface area (TPSA) is 234 Å². The fraction of sp³-hybridized carbons (Fsp3) is 0.453. The minimum absolute atomic E-state index is 0.00677. The fourth-order valence-electron chi connectivity index (χ4n) is 8.96. The average Bonchev–Trinajstić information content (AvgIpc) is 3.98. The van der Waals surface area contributed by atoms with Gasteiger partial charge in [0.25, 0.3) is 11.5 Å². The SMILES string of the molecule is Cc1cc(C(C)Nc2ccccc2C(=O)NCCC(=O)CCC(=O)CCC(=O)N[C@H](C(=O)N2C[C@H](O)C[C@H]2C(=O)NCc2ccc(-c3scnc3C)cc2)C(C)(C)C)c2nc(N3CCOCC3)cc(=O)n2c1. The molecule has 0 aliphatic carbocycles. The number of ether oxygens (including phenoxy) is 1. The number of nitrogens with zero attached hydrogens (tertiary/aromatic N) is 5. The second-order valence-electron chi connectivity index (χ2n) is 19.7. The molecule has 2 aliphatic rings. The number of ketones is 2. The molecule has 72 heavy (non-hydrogen) atoms. The van der Waals surface area contributed by atoms with Crippen molar-refractivity contribution in [1.82, 2.24) is 35.2 Å². The van der Waals surface area contributed by atoms with Crippen LogP contribution in [0, 0.1) is 19.3 Å². The van der Waals surface area contributed by atoms with Gasteiger partial charge < -0.3 is 40.9 Å². The molecule has 3 aromatic heterocycles. The van der Waals surface area contributed by atoms with Crippen molar-refractivity contribution >= 4 is 63.7 Å². The summed E-state index contributed by atoms with van der Waals surface area (Å²) in [7, 11) is 0. The molecule has 4 amide bonds. The van der Waals surface area contributed by atoms with E-state index in [0.717, 1.165) is 32.8 Å². The van der Waals surface area contributed by atoms with Crippen molar-refractivity contribution in [3.05, 3.63) is 111 Å². The predicted octanol–water partition coefficient (Wildman–Crippen LogP) is 5.07. The van der Waals surface area contributed by atoms with Crippen LogP contribution in [0.3, 0.4) is 0 Å². The van der Waals surface area contributed by atoms with Crippen LogP contribution in [0.2, 0.25) is 0 Å². The van der Waals surface area contributed by atoms with E-state index in [9.17, 15) is 38.7 Å². The summed E-state index contributed by atoms with van der Waals surface area (Å²) in [6.45, 7) is 13.7. The molecule has 2 saturated heterocycles. The summed E-state index contributed by atoms with van der Waals surface area (Å²) < 4.78 is 7.02. The Morgan fingerprint density at radius 3 is 2.29 bits per heavy atom. The van der Waals surface area contributed by atoms with Gasteiger partial charge in [0, 0.05) is 94.8 Å². The van der Waals surface area contributed by atoms with E-state index in [4.69, 9.17) is 9.72 Å². The standard InChI is InChI=1S/C53H65N9O9S/c1-32-25-41(49-58-44(27-46(67)62(49)29-32)60-21-23-71-24-22-60)33(2)57-42-10-8-7-9-40(42)50(68)54-20-19-38(64)16-15-37(63)17-18-45(66)59-48(53(4,5)6)52(70)61-30-39(65)26-43(61)51(69)55-28-35-11-13-36(14-12-35)47-34(3)56-31-72-47/h7-14,25,27,29,31,33,39,43,48,57,65H,15-24,26,28,30H2,1-6H3,(H,54,68)(H,55,69)(H,59,66)/t33?,39-,43+,48-/m1/s1. The Balaban J connectivity index is 0.854. The number of aliphatic hydroxyl groups excluding tert-OH is 1. The van der Waals surface area contributed by atoms with Crippen LogP contribution in [-0.2, 0) is 35.3 Å². The van der Waals surface area contributed by atoms with Crippen LogP contribution in [0.1, 0.15) is 105 Å². The maximum atomic E-state index is 14.1. The van der Waals surface area contributed by atoms with Crippen LogP contribution in [0.5, 0.6) is 0 Å². The monoisotopic (exact) mass is 1000 g/mol. The van der Waals surface area contributed by atoms with E-state index < -0.39 is 47.2 Å². The van der Waals surface area contributed by atoms with Crippen molar-refractivity contribution in [2.24, 2.45) is 5.41 Å². The number of aromatic nitrogens is 3. The molecule has 2 aromatic carbocycles. The number of hydrogen-bond donors (Lipinski definition) is 5. The molecular formula is C53H65N9O9S. The number of Topliss-reactive ketones (excluding diaryl/α,β-unsaturated/α-hetero) is 2. The summed E-state index contributed by atoms with van der Waals surface area (Å²) in [5.41, 5.74) is 6.69. The van der Waals surface area contributed by atoms with Crippen LogP contribution >= 0.6 is 11.3 Å². The largest absolute Gasteiger partial charge is 0.391 e. The first-order chi connectivity index (χ1) is 34.4. The quantitative estimate of drug-likeness (QED) is 0.0686. The predicted molar refractivity (Wildman–Crippen MR) is 275 cm³/mol. The van der Waals surface area contributed by atoms with Gasteiger partial charge in [-0.05, 0) is 61.1 Å². The molecule has 19 heteroatoms. The normalized spacial score (nSPS) is 16.8. The molecular weight excluding hydrogens is 939 g/mol. The highest BCUT2D eigenvalue weighted by molar-refractivity contribution is 7.13. The zero-order valence-electron chi connectivity index (χ0n) is 41.8. The highest BCUT2D eigenvalue weighted by Gasteiger charge is 2.44. The van der Waals surface area contributed by atoms with Crippen molar-refractivity contribution in [3.8, 4) is 10.4 Å². The number of aryl methyl sites for hydroxylation is 2. The number of anilines is 2. The minimum Gasteiger partial charge on any atom is -0.391 e. The Kier molecular flexibility index (Phi) is 17.4. The van der Waals surface area contributed by atoms with Gasteiger partial charge in [-0.1, -0.05) is 57.2 Å². The highest BCUT2D eigenvalue weighted by Crippen LogP contribution is 2.30. The Labute approximate surface area is 423 Å². The molecule has 1 unspecified atom stereocenters. The van der Waals surface area contributed by atoms with E-state index in [1.165, 1.54) is 15.4 Å². The van der Waals surface area contributed by atoms with Gasteiger partial charge in [-0.2, -0.15) is 0 Å². The first-order valence-electron chi connectivity index (χ1n) is 24.4.